The number of aliphatic hydroxyl groups excluding tert-OH is 1. The third-order valence-electron chi connectivity index (χ3n) is 4.31. The molecule has 3 aromatic rings. The Kier molecular flexibility index (Phi) is 6.51. The summed E-state index contributed by atoms with van der Waals surface area (Å²) in [6, 6.07) is 7.80. The average molecular weight is 417 g/mol. The van der Waals surface area contributed by atoms with Crippen LogP contribution in [0.5, 0.6) is 0 Å². The molecule has 0 saturated carbocycles. The number of aliphatic hydroxyl groups is 1. The van der Waals surface area contributed by atoms with Crippen molar-refractivity contribution in [1.29, 1.82) is 0 Å². The van der Waals surface area contributed by atoms with Crippen LogP contribution in [0.2, 0.25) is 5.02 Å². The predicted molar refractivity (Wildman–Crippen MR) is 111 cm³/mol. The van der Waals surface area contributed by atoms with E-state index in [4.69, 9.17) is 11.6 Å². The zero-order chi connectivity index (χ0) is 21.0. The van der Waals surface area contributed by atoms with Gasteiger partial charge in [0.05, 0.1) is 11.6 Å². The van der Waals surface area contributed by atoms with Crippen molar-refractivity contribution in [1.82, 2.24) is 15.3 Å². The van der Waals surface area contributed by atoms with E-state index in [1.807, 2.05) is 19.9 Å². The number of rotatable bonds is 7. The lowest BCUT2D eigenvalue weighted by molar-refractivity contribution is 0.0946. The van der Waals surface area contributed by atoms with Crippen LogP contribution >= 0.6 is 11.6 Å². The van der Waals surface area contributed by atoms with Gasteiger partial charge in [-0.2, -0.15) is 0 Å². The summed E-state index contributed by atoms with van der Waals surface area (Å²) >= 11 is 6.28. The maximum atomic E-state index is 13.4. The number of nitrogens with one attached hydrogen (secondary N) is 3. The molecule has 0 spiro atoms. The zero-order valence-electron chi connectivity index (χ0n) is 16.1. The third kappa shape index (κ3) is 5.13. The molecule has 0 bridgehead atoms. The molecule has 2 heterocycles. The number of anilines is 1. The molecule has 0 aliphatic rings. The summed E-state index contributed by atoms with van der Waals surface area (Å²) in [6.07, 6.45) is 3.26. The first-order chi connectivity index (χ1) is 13.9. The van der Waals surface area contributed by atoms with Crippen LogP contribution in [0.4, 0.5) is 10.2 Å². The van der Waals surface area contributed by atoms with Gasteiger partial charge in [0, 0.05) is 36.1 Å². The van der Waals surface area contributed by atoms with Crippen LogP contribution in [0.25, 0.3) is 11.1 Å². The Balaban J connectivity index is 1.75. The number of benzene rings is 1. The molecule has 1 aromatic carbocycles. The molecule has 0 fully saturated rings. The maximum Gasteiger partial charge on any atom is 0.267 e. The van der Waals surface area contributed by atoms with Crippen LogP contribution < -0.4 is 10.6 Å². The summed E-state index contributed by atoms with van der Waals surface area (Å²) < 4.78 is 13.4. The van der Waals surface area contributed by atoms with Crippen LogP contribution in [0, 0.1) is 5.82 Å². The summed E-state index contributed by atoms with van der Waals surface area (Å²) in [7, 11) is 0. The SMILES string of the molecule is CC(C)Nc1cc(-c2c[nH]c(C(=O)NCc3cc(F)ccc3CO)c2)c(Cl)cn1. The van der Waals surface area contributed by atoms with Crippen LogP contribution in [0.15, 0.2) is 42.7 Å². The van der Waals surface area contributed by atoms with E-state index in [0.717, 1.165) is 11.1 Å². The van der Waals surface area contributed by atoms with Gasteiger partial charge in [0.25, 0.3) is 5.91 Å². The van der Waals surface area contributed by atoms with Crippen molar-refractivity contribution in [3.8, 4) is 11.1 Å². The number of aromatic amines is 1. The molecule has 0 aliphatic carbocycles. The highest BCUT2D eigenvalue weighted by Crippen LogP contribution is 2.30. The molecule has 2 aromatic heterocycles. The number of carbonyl (C=O) groups excluding carboxylic acids is 1. The Hall–Kier alpha value is -2.90. The minimum absolute atomic E-state index is 0.0965. The highest BCUT2D eigenvalue weighted by atomic mass is 35.5. The van der Waals surface area contributed by atoms with Gasteiger partial charge in [-0.1, -0.05) is 17.7 Å². The summed E-state index contributed by atoms with van der Waals surface area (Å²) in [5, 5.41) is 15.8. The number of nitrogens with zero attached hydrogens (tertiary/aromatic N) is 1. The van der Waals surface area contributed by atoms with Crippen molar-refractivity contribution in [2.75, 3.05) is 5.32 Å². The molecule has 8 heteroatoms. The van der Waals surface area contributed by atoms with E-state index in [-0.39, 0.29) is 25.1 Å². The highest BCUT2D eigenvalue weighted by Gasteiger charge is 2.13. The Morgan fingerprint density at radius 3 is 2.79 bits per heavy atom. The molecule has 152 valence electrons. The van der Waals surface area contributed by atoms with Gasteiger partial charge in [0.1, 0.15) is 17.3 Å². The molecule has 4 N–H and O–H groups in total. The molecule has 0 aliphatic heterocycles. The fourth-order valence-corrected chi connectivity index (χ4v) is 3.11. The number of hydrogen-bond donors (Lipinski definition) is 4. The summed E-state index contributed by atoms with van der Waals surface area (Å²) in [5.41, 5.74) is 2.92. The van der Waals surface area contributed by atoms with Crippen LogP contribution in [-0.2, 0) is 13.2 Å². The van der Waals surface area contributed by atoms with Crippen molar-refractivity contribution in [2.45, 2.75) is 33.0 Å². The van der Waals surface area contributed by atoms with Gasteiger partial charge in [0.15, 0.2) is 0 Å². The lowest BCUT2D eigenvalue weighted by Gasteiger charge is -2.10. The second kappa shape index (κ2) is 9.07. The third-order valence-corrected chi connectivity index (χ3v) is 4.61. The number of pyridine rings is 1. The first kappa shape index (κ1) is 20.8. The molecule has 0 unspecified atom stereocenters. The predicted octanol–water partition coefficient (Wildman–Crippen LogP) is 4.11. The Morgan fingerprint density at radius 1 is 1.28 bits per heavy atom. The topological polar surface area (TPSA) is 90.0 Å². The van der Waals surface area contributed by atoms with Crippen molar-refractivity contribution in [2.24, 2.45) is 0 Å². The second-order valence-electron chi connectivity index (χ2n) is 6.90. The molecule has 6 nitrogen and oxygen atoms in total. The summed E-state index contributed by atoms with van der Waals surface area (Å²) in [4.78, 5) is 19.7. The van der Waals surface area contributed by atoms with E-state index in [2.05, 4.69) is 20.6 Å². The van der Waals surface area contributed by atoms with Gasteiger partial charge in [-0.3, -0.25) is 4.79 Å². The Labute approximate surface area is 173 Å². The number of carbonyl (C=O) groups is 1. The number of hydrogen-bond acceptors (Lipinski definition) is 4. The minimum Gasteiger partial charge on any atom is -0.392 e. The van der Waals surface area contributed by atoms with Crippen molar-refractivity contribution < 1.29 is 14.3 Å². The van der Waals surface area contributed by atoms with Crippen molar-refractivity contribution in [3.05, 3.63) is 70.4 Å². The quantitative estimate of drug-likeness (QED) is 0.466. The number of halogens is 2. The van der Waals surface area contributed by atoms with Crippen LogP contribution in [0.3, 0.4) is 0 Å². The molecular weight excluding hydrogens is 395 g/mol. The van der Waals surface area contributed by atoms with E-state index in [1.165, 1.54) is 18.2 Å². The van der Waals surface area contributed by atoms with E-state index in [1.54, 1.807) is 18.5 Å². The second-order valence-corrected chi connectivity index (χ2v) is 7.31. The molecular formula is C21H22ClFN4O2. The van der Waals surface area contributed by atoms with Gasteiger partial charge in [-0.05, 0) is 49.2 Å². The summed E-state index contributed by atoms with van der Waals surface area (Å²) in [5.74, 6) is -0.0869. The van der Waals surface area contributed by atoms with E-state index in [0.29, 0.717) is 27.7 Å². The van der Waals surface area contributed by atoms with E-state index >= 15 is 0 Å². The maximum absolute atomic E-state index is 13.4. The minimum atomic E-state index is -0.424. The average Bonchev–Trinajstić information content (AvgIpc) is 3.17. The Morgan fingerprint density at radius 2 is 2.07 bits per heavy atom. The smallest absolute Gasteiger partial charge is 0.267 e. The molecule has 3 rings (SSSR count). The fourth-order valence-electron chi connectivity index (χ4n) is 2.90. The lowest BCUT2D eigenvalue weighted by atomic mass is 10.1. The number of H-pyrrole nitrogens is 1. The lowest BCUT2D eigenvalue weighted by Crippen LogP contribution is -2.23. The first-order valence-electron chi connectivity index (χ1n) is 9.14. The van der Waals surface area contributed by atoms with E-state index < -0.39 is 5.82 Å². The van der Waals surface area contributed by atoms with E-state index in [9.17, 15) is 14.3 Å². The van der Waals surface area contributed by atoms with Gasteiger partial charge >= 0.3 is 0 Å². The first-order valence-corrected chi connectivity index (χ1v) is 9.52. The van der Waals surface area contributed by atoms with Crippen molar-refractivity contribution in [3.63, 3.8) is 0 Å². The van der Waals surface area contributed by atoms with Gasteiger partial charge in [-0.15, -0.1) is 0 Å². The number of amides is 1. The monoisotopic (exact) mass is 416 g/mol. The molecule has 0 atom stereocenters. The molecule has 0 radical (unpaired) electrons. The van der Waals surface area contributed by atoms with Gasteiger partial charge < -0.3 is 20.7 Å². The van der Waals surface area contributed by atoms with Crippen LogP contribution in [-0.4, -0.2) is 27.0 Å². The number of aromatic nitrogens is 2. The highest BCUT2D eigenvalue weighted by molar-refractivity contribution is 6.33. The largest absolute Gasteiger partial charge is 0.392 e. The molecule has 1 amide bonds. The van der Waals surface area contributed by atoms with Gasteiger partial charge in [0.2, 0.25) is 0 Å². The van der Waals surface area contributed by atoms with Gasteiger partial charge in [-0.25, -0.2) is 9.37 Å². The van der Waals surface area contributed by atoms with Crippen LogP contribution in [0.1, 0.15) is 35.5 Å². The summed E-state index contributed by atoms with van der Waals surface area (Å²) in [6.45, 7) is 3.88. The standard InChI is InChI=1S/C21H22ClFN4O2/c1-12(2)27-20-7-17(18(22)10-25-20)15-6-19(24-9-15)21(29)26-8-14-5-16(23)4-3-13(14)11-28/h3-7,9-10,12,24,28H,8,11H2,1-2H3,(H,25,27)(H,26,29). The van der Waals surface area contributed by atoms with Crippen molar-refractivity contribution >= 4 is 23.3 Å². The zero-order valence-corrected chi connectivity index (χ0v) is 16.8. The molecule has 29 heavy (non-hydrogen) atoms. The normalized spacial score (nSPS) is 11.0. The fraction of sp³-hybridized carbons (Fsp3) is 0.238. The Bertz CT molecular complexity index is 1020. The molecule has 0 saturated heterocycles.